The SMILES string of the molecule is O=c1c2ccccc2cnn1OC1(F)CC1. The average molecular weight is 220 g/mol. The average Bonchev–Trinajstić information content (AvgIpc) is 3.01. The van der Waals surface area contributed by atoms with Gasteiger partial charge in [0, 0.05) is 18.2 Å². The summed E-state index contributed by atoms with van der Waals surface area (Å²) < 4.78 is 13.3. The van der Waals surface area contributed by atoms with E-state index < -0.39 is 11.4 Å². The normalized spacial score (nSPS) is 17.3. The van der Waals surface area contributed by atoms with E-state index >= 15 is 0 Å². The third-order valence-corrected chi connectivity index (χ3v) is 2.56. The second-order valence-electron chi connectivity index (χ2n) is 3.88. The van der Waals surface area contributed by atoms with Crippen LogP contribution in [0.2, 0.25) is 0 Å². The Kier molecular flexibility index (Phi) is 1.77. The number of fused-ring (bicyclic) bond motifs is 1. The van der Waals surface area contributed by atoms with Crippen molar-refractivity contribution in [3.63, 3.8) is 0 Å². The lowest BCUT2D eigenvalue weighted by Gasteiger charge is -2.09. The Labute approximate surface area is 90.2 Å². The van der Waals surface area contributed by atoms with Crippen molar-refractivity contribution in [3.05, 3.63) is 40.8 Å². The van der Waals surface area contributed by atoms with Gasteiger partial charge in [-0.2, -0.15) is 4.39 Å². The van der Waals surface area contributed by atoms with Gasteiger partial charge >= 0.3 is 5.56 Å². The van der Waals surface area contributed by atoms with Gasteiger partial charge in [0.1, 0.15) is 0 Å². The van der Waals surface area contributed by atoms with Crippen LogP contribution in [0, 0.1) is 0 Å². The second-order valence-corrected chi connectivity index (χ2v) is 3.88. The fourth-order valence-electron chi connectivity index (χ4n) is 1.48. The molecule has 0 amide bonds. The molecule has 1 saturated carbocycles. The summed E-state index contributed by atoms with van der Waals surface area (Å²) in [6.45, 7) is 0. The van der Waals surface area contributed by atoms with E-state index in [0.29, 0.717) is 18.2 Å². The summed E-state index contributed by atoms with van der Waals surface area (Å²) >= 11 is 0. The highest BCUT2D eigenvalue weighted by Crippen LogP contribution is 2.37. The van der Waals surface area contributed by atoms with Crippen LogP contribution in [0.3, 0.4) is 0 Å². The summed E-state index contributed by atoms with van der Waals surface area (Å²) in [7, 11) is 0. The zero-order valence-electron chi connectivity index (χ0n) is 8.39. The molecule has 16 heavy (non-hydrogen) atoms. The van der Waals surface area contributed by atoms with E-state index in [9.17, 15) is 9.18 Å². The highest BCUT2D eigenvalue weighted by atomic mass is 19.2. The first-order valence-electron chi connectivity index (χ1n) is 5.03. The topological polar surface area (TPSA) is 44.1 Å². The highest BCUT2D eigenvalue weighted by molar-refractivity contribution is 5.80. The zero-order valence-corrected chi connectivity index (χ0v) is 8.39. The van der Waals surface area contributed by atoms with E-state index in [1.165, 1.54) is 6.20 Å². The minimum absolute atomic E-state index is 0.313. The van der Waals surface area contributed by atoms with Gasteiger partial charge in [0.25, 0.3) is 5.85 Å². The summed E-state index contributed by atoms with van der Waals surface area (Å²) in [5.74, 6) is -1.70. The van der Waals surface area contributed by atoms with Crippen LogP contribution >= 0.6 is 0 Å². The molecule has 2 aromatic rings. The van der Waals surface area contributed by atoms with Crippen LogP contribution in [0.4, 0.5) is 4.39 Å². The molecule has 0 unspecified atom stereocenters. The number of hydrogen-bond acceptors (Lipinski definition) is 3. The number of halogens is 1. The van der Waals surface area contributed by atoms with Crippen molar-refractivity contribution >= 4 is 10.8 Å². The van der Waals surface area contributed by atoms with Gasteiger partial charge in [-0.25, -0.2) is 0 Å². The summed E-state index contributed by atoms with van der Waals surface area (Å²) in [5.41, 5.74) is -0.429. The van der Waals surface area contributed by atoms with E-state index in [0.717, 1.165) is 10.2 Å². The Morgan fingerprint density at radius 1 is 1.38 bits per heavy atom. The molecule has 1 aromatic carbocycles. The molecule has 0 saturated heterocycles. The van der Waals surface area contributed by atoms with Crippen LogP contribution in [0.5, 0.6) is 0 Å². The minimum atomic E-state index is -1.70. The molecule has 0 aliphatic heterocycles. The first-order valence-corrected chi connectivity index (χ1v) is 5.03. The summed E-state index contributed by atoms with van der Waals surface area (Å²) in [5, 5.41) is 4.97. The lowest BCUT2D eigenvalue weighted by molar-refractivity contribution is -0.0894. The summed E-state index contributed by atoms with van der Waals surface area (Å²) in [6, 6.07) is 7.00. The van der Waals surface area contributed by atoms with Gasteiger partial charge in [-0.3, -0.25) is 4.79 Å². The van der Waals surface area contributed by atoms with Crippen LogP contribution in [0.25, 0.3) is 10.8 Å². The van der Waals surface area contributed by atoms with Gasteiger partial charge < -0.3 is 4.84 Å². The number of hydrogen-bond donors (Lipinski definition) is 0. The Morgan fingerprint density at radius 2 is 2.12 bits per heavy atom. The number of nitrogens with zero attached hydrogens (tertiary/aromatic N) is 2. The molecule has 0 spiro atoms. The quantitative estimate of drug-likeness (QED) is 0.765. The fraction of sp³-hybridized carbons (Fsp3) is 0.273. The number of alkyl halides is 1. The van der Waals surface area contributed by atoms with Gasteiger partial charge in [0.05, 0.1) is 11.6 Å². The monoisotopic (exact) mass is 220 g/mol. The van der Waals surface area contributed by atoms with Crippen molar-refractivity contribution in [2.75, 3.05) is 0 Å². The van der Waals surface area contributed by atoms with Crippen molar-refractivity contribution in [2.24, 2.45) is 0 Å². The Hall–Kier alpha value is -1.91. The Balaban J connectivity index is 2.13. The molecule has 3 rings (SSSR count). The van der Waals surface area contributed by atoms with E-state index in [4.69, 9.17) is 4.84 Å². The van der Waals surface area contributed by atoms with Crippen molar-refractivity contribution < 1.29 is 9.23 Å². The molecule has 5 heteroatoms. The number of aromatic nitrogens is 2. The summed E-state index contributed by atoms with van der Waals surface area (Å²) in [4.78, 5) is 17.5. The van der Waals surface area contributed by atoms with Crippen molar-refractivity contribution in [2.45, 2.75) is 18.7 Å². The third kappa shape index (κ3) is 1.44. The van der Waals surface area contributed by atoms with E-state index in [1.54, 1.807) is 18.2 Å². The van der Waals surface area contributed by atoms with Gasteiger partial charge in [0.15, 0.2) is 0 Å². The maximum Gasteiger partial charge on any atom is 0.311 e. The highest BCUT2D eigenvalue weighted by Gasteiger charge is 2.48. The molecule has 82 valence electrons. The van der Waals surface area contributed by atoms with Gasteiger partial charge in [-0.1, -0.05) is 23.0 Å². The van der Waals surface area contributed by atoms with Gasteiger partial charge in [-0.05, 0) is 6.07 Å². The molecule has 1 heterocycles. The Morgan fingerprint density at radius 3 is 2.88 bits per heavy atom. The third-order valence-electron chi connectivity index (χ3n) is 2.56. The lowest BCUT2D eigenvalue weighted by atomic mass is 10.2. The molecule has 1 aliphatic rings. The van der Waals surface area contributed by atoms with Crippen LogP contribution < -0.4 is 10.4 Å². The largest absolute Gasteiger partial charge is 0.353 e. The standard InChI is InChI=1S/C11H9FN2O2/c12-11(5-6-11)16-14-10(15)9-4-2-1-3-8(9)7-13-14/h1-4,7H,5-6H2. The molecular weight excluding hydrogens is 211 g/mol. The first kappa shape index (κ1) is 9.33. The first-order chi connectivity index (χ1) is 7.68. The van der Waals surface area contributed by atoms with Gasteiger partial charge in [-0.15, -0.1) is 5.10 Å². The number of benzene rings is 1. The van der Waals surface area contributed by atoms with E-state index in [-0.39, 0.29) is 0 Å². The lowest BCUT2D eigenvalue weighted by Crippen LogP contribution is -2.34. The van der Waals surface area contributed by atoms with Crippen molar-refractivity contribution in [1.82, 2.24) is 9.94 Å². The predicted molar refractivity (Wildman–Crippen MR) is 55.7 cm³/mol. The van der Waals surface area contributed by atoms with Crippen LogP contribution in [0.15, 0.2) is 35.3 Å². The molecule has 4 nitrogen and oxygen atoms in total. The Bertz CT molecular complexity index is 604. The van der Waals surface area contributed by atoms with E-state index in [1.807, 2.05) is 6.07 Å². The van der Waals surface area contributed by atoms with Crippen molar-refractivity contribution in [3.8, 4) is 0 Å². The molecule has 0 bridgehead atoms. The smallest absolute Gasteiger partial charge is 0.311 e. The van der Waals surface area contributed by atoms with Crippen LogP contribution in [0.1, 0.15) is 12.8 Å². The minimum Gasteiger partial charge on any atom is -0.353 e. The summed E-state index contributed by atoms with van der Waals surface area (Å²) in [6.07, 6.45) is 2.12. The van der Waals surface area contributed by atoms with Crippen molar-refractivity contribution in [1.29, 1.82) is 0 Å². The van der Waals surface area contributed by atoms with Gasteiger partial charge in [0.2, 0.25) is 0 Å². The fourth-order valence-corrected chi connectivity index (χ4v) is 1.48. The molecule has 0 N–H and O–H groups in total. The molecule has 0 atom stereocenters. The van der Waals surface area contributed by atoms with E-state index in [2.05, 4.69) is 5.10 Å². The predicted octanol–water partition coefficient (Wildman–Crippen LogP) is 1.28. The molecule has 0 radical (unpaired) electrons. The molecule has 1 aromatic heterocycles. The zero-order chi connectivity index (χ0) is 11.2. The molecule has 1 aliphatic carbocycles. The second kappa shape index (κ2) is 3.04. The number of rotatable bonds is 2. The van der Waals surface area contributed by atoms with Crippen LogP contribution in [-0.2, 0) is 0 Å². The molecular formula is C11H9FN2O2. The maximum atomic E-state index is 13.3. The molecule has 1 fully saturated rings. The van der Waals surface area contributed by atoms with Crippen LogP contribution in [-0.4, -0.2) is 15.8 Å². The maximum absolute atomic E-state index is 13.3.